The Kier molecular flexibility index (Phi) is 10.4. The molecule has 0 aromatic rings. The Hall–Kier alpha value is -0.980. The molecule has 2 unspecified atom stereocenters. The summed E-state index contributed by atoms with van der Waals surface area (Å²) in [4.78, 5) is 27.2. The number of carbonyl (C=O) groups is 2. The minimum absolute atomic E-state index is 0.0342. The summed E-state index contributed by atoms with van der Waals surface area (Å²) in [6.45, 7) is 8.27. The lowest BCUT2D eigenvalue weighted by molar-refractivity contribution is -0.137. The van der Waals surface area contributed by atoms with Gasteiger partial charge in [-0.25, -0.2) is 0 Å². The summed E-state index contributed by atoms with van der Waals surface area (Å²) in [6, 6.07) is -0.123. The normalized spacial score (nSPS) is 20.6. The fourth-order valence-corrected chi connectivity index (χ4v) is 3.53. The van der Waals surface area contributed by atoms with Gasteiger partial charge in [0.15, 0.2) is 5.78 Å². The van der Waals surface area contributed by atoms with E-state index >= 15 is 0 Å². The van der Waals surface area contributed by atoms with E-state index in [0.717, 1.165) is 25.9 Å². The van der Waals surface area contributed by atoms with Crippen LogP contribution in [0.4, 0.5) is 0 Å². The highest BCUT2D eigenvalue weighted by Gasteiger charge is 2.39. The summed E-state index contributed by atoms with van der Waals surface area (Å²) in [5, 5.41) is 3.55. The van der Waals surface area contributed by atoms with Crippen LogP contribution in [0.3, 0.4) is 0 Å². The molecule has 1 N–H and O–H groups in total. The molecular formula is C20H38N2O4. The molecule has 0 aliphatic carbocycles. The van der Waals surface area contributed by atoms with Gasteiger partial charge >= 0.3 is 0 Å². The first-order valence-corrected chi connectivity index (χ1v) is 9.86. The van der Waals surface area contributed by atoms with Gasteiger partial charge in [0.05, 0.1) is 6.04 Å². The zero-order chi connectivity index (χ0) is 19.6. The molecule has 2 atom stereocenters. The topological polar surface area (TPSA) is 67.9 Å². The lowest BCUT2D eigenvalue weighted by Gasteiger charge is -2.26. The summed E-state index contributed by atoms with van der Waals surface area (Å²) in [6.07, 6.45) is 5.19. The number of likely N-dealkylation sites (tertiary alicyclic amines) is 1. The third-order valence-corrected chi connectivity index (χ3v) is 4.64. The largest absolute Gasteiger partial charge is 0.385 e. The van der Waals surface area contributed by atoms with Crippen LogP contribution in [0.15, 0.2) is 0 Å². The van der Waals surface area contributed by atoms with E-state index < -0.39 is 0 Å². The van der Waals surface area contributed by atoms with Crippen LogP contribution in [0.2, 0.25) is 0 Å². The SMILES string of the molecule is COCCCCCC(=O)N1CC(NC(C)(C)C)CC1C(=O)CCCOC. The van der Waals surface area contributed by atoms with Crippen molar-refractivity contribution in [2.45, 2.75) is 83.3 Å². The minimum atomic E-state index is -0.293. The Morgan fingerprint density at radius 1 is 1.00 bits per heavy atom. The fraction of sp³-hybridized carbons (Fsp3) is 0.900. The van der Waals surface area contributed by atoms with Gasteiger partial charge in [-0.3, -0.25) is 9.59 Å². The average Bonchev–Trinajstić information content (AvgIpc) is 2.96. The molecule has 1 rings (SSSR count). The van der Waals surface area contributed by atoms with Crippen molar-refractivity contribution in [3.05, 3.63) is 0 Å². The lowest BCUT2D eigenvalue weighted by atomic mass is 10.0. The fourth-order valence-electron chi connectivity index (χ4n) is 3.53. The van der Waals surface area contributed by atoms with Gasteiger partial charge in [0.25, 0.3) is 0 Å². The van der Waals surface area contributed by atoms with Gasteiger partial charge in [0, 0.05) is 58.4 Å². The Morgan fingerprint density at radius 3 is 2.27 bits per heavy atom. The zero-order valence-corrected chi connectivity index (χ0v) is 17.3. The molecule has 1 aliphatic rings. The van der Waals surface area contributed by atoms with Crippen molar-refractivity contribution in [2.75, 3.05) is 34.0 Å². The standard InChI is InChI=1S/C20H38N2O4/c1-20(2,3)21-16-14-17(18(23)10-9-13-26-5)22(15-16)19(24)11-7-6-8-12-25-4/h16-17,21H,6-15H2,1-5H3. The van der Waals surface area contributed by atoms with E-state index in [9.17, 15) is 9.59 Å². The zero-order valence-electron chi connectivity index (χ0n) is 17.3. The predicted molar refractivity (Wildman–Crippen MR) is 103 cm³/mol. The number of hydrogen-bond donors (Lipinski definition) is 1. The second kappa shape index (κ2) is 11.7. The maximum absolute atomic E-state index is 12.7. The summed E-state index contributed by atoms with van der Waals surface area (Å²) in [7, 11) is 3.33. The molecule has 6 nitrogen and oxygen atoms in total. The van der Waals surface area contributed by atoms with Gasteiger partial charge in [0.1, 0.15) is 0 Å². The second-order valence-corrected chi connectivity index (χ2v) is 8.25. The first kappa shape index (κ1) is 23.1. The number of unbranched alkanes of at least 4 members (excludes halogenated alkanes) is 2. The van der Waals surface area contributed by atoms with E-state index in [2.05, 4.69) is 26.1 Å². The molecule has 1 fully saturated rings. The van der Waals surface area contributed by atoms with Gasteiger partial charge < -0.3 is 19.7 Å². The van der Waals surface area contributed by atoms with E-state index in [-0.39, 0.29) is 29.3 Å². The monoisotopic (exact) mass is 370 g/mol. The lowest BCUT2D eigenvalue weighted by Crippen LogP contribution is -2.45. The van der Waals surface area contributed by atoms with Crippen molar-refractivity contribution in [3.63, 3.8) is 0 Å². The third kappa shape index (κ3) is 8.60. The van der Waals surface area contributed by atoms with Gasteiger partial charge in [0.2, 0.25) is 5.91 Å². The predicted octanol–water partition coefficient (Wildman–Crippen LogP) is 2.55. The molecule has 1 heterocycles. The molecule has 26 heavy (non-hydrogen) atoms. The van der Waals surface area contributed by atoms with E-state index in [4.69, 9.17) is 9.47 Å². The highest BCUT2D eigenvalue weighted by atomic mass is 16.5. The number of ketones is 1. The van der Waals surface area contributed by atoms with Crippen LogP contribution in [-0.2, 0) is 19.1 Å². The number of ether oxygens (including phenoxy) is 2. The summed E-state index contributed by atoms with van der Waals surface area (Å²) in [5.41, 5.74) is -0.0342. The van der Waals surface area contributed by atoms with Gasteiger partial charge in [-0.1, -0.05) is 6.42 Å². The van der Waals surface area contributed by atoms with Crippen LogP contribution >= 0.6 is 0 Å². The highest BCUT2D eigenvalue weighted by Crippen LogP contribution is 2.23. The number of rotatable bonds is 12. The van der Waals surface area contributed by atoms with Crippen molar-refractivity contribution >= 4 is 11.7 Å². The van der Waals surface area contributed by atoms with Crippen LogP contribution in [0.25, 0.3) is 0 Å². The number of methoxy groups -OCH3 is 2. The van der Waals surface area contributed by atoms with Crippen molar-refractivity contribution < 1.29 is 19.1 Å². The quantitative estimate of drug-likeness (QED) is 0.535. The molecule has 0 saturated carbocycles. The van der Waals surface area contributed by atoms with Crippen LogP contribution in [0.5, 0.6) is 0 Å². The summed E-state index contributed by atoms with van der Waals surface area (Å²) in [5.74, 6) is 0.263. The van der Waals surface area contributed by atoms with E-state index in [1.54, 1.807) is 14.2 Å². The molecule has 1 aliphatic heterocycles. The first-order valence-electron chi connectivity index (χ1n) is 9.86. The number of amides is 1. The van der Waals surface area contributed by atoms with Gasteiger partial charge in [-0.2, -0.15) is 0 Å². The van der Waals surface area contributed by atoms with Crippen LogP contribution < -0.4 is 5.32 Å². The van der Waals surface area contributed by atoms with Crippen molar-refractivity contribution in [1.29, 1.82) is 0 Å². The molecule has 0 bridgehead atoms. The Bertz CT molecular complexity index is 434. The van der Waals surface area contributed by atoms with E-state index in [0.29, 0.717) is 38.8 Å². The number of carbonyl (C=O) groups excluding carboxylic acids is 2. The minimum Gasteiger partial charge on any atom is -0.385 e. The molecule has 0 aromatic heterocycles. The van der Waals surface area contributed by atoms with Crippen molar-refractivity contribution in [1.82, 2.24) is 10.2 Å². The van der Waals surface area contributed by atoms with E-state index in [1.165, 1.54) is 0 Å². The maximum Gasteiger partial charge on any atom is 0.223 e. The van der Waals surface area contributed by atoms with Gasteiger partial charge in [-0.05, 0) is 46.5 Å². The molecule has 6 heteroatoms. The number of hydrogen-bond acceptors (Lipinski definition) is 5. The van der Waals surface area contributed by atoms with Crippen LogP contribution in [0.1, 0.15) is 65.7 Å². The number of nitrogens with one attached hydrogen (secondary N) is 1. The number of Topliss-reactive ketones (excluding diaryl/α,β-unsaturated/α-hetero) is 1. The summed E-state index contributed by atoms with van der Waals surface area (Å²) >= 11 is 0. The highest BCUT2D eigenvalue weighted by molar-refractivity contribution is 5.89. The molecule has 0 radical (unpaired) electrons. The van der Waals surface area contributed by atoms with Gasteiger partial charge in [-0.15, -0.1) is 0 Å². The Morgan fingerprint density at radius 2 is 1.65 bits per heavy atom. The molecule has 0 spiro atoms. The molecule has 0 aromatic carbocycles. The average molecular weight is 371 g/mol. The van der Waals surface area contributed by atoms with Crippen LogP contribution in [-0.4, -0.2) is 68.2 Å². The molecular weight excluding hydrogens is 332 g/mol. The van der Waals surface area contributed by atoms with Crippen molar-refractivity contribution in [3.8, 4) is 0 Å². The molecule has 152 valence electrons. The van der Waals surface area contributed by atoms with Crippen LogP contribution in [0, 0.1) is 0 Å². The van der Waals surface area contributed by atoms with Crippen molar-refractivity contribution in [2.24, 2.45) is 0 Å². The third-order valence-electron chi connectivity index (χ3n) is 4.64. The second-order valence-electron chi connectivity index (χ2n) is 8.25. The Balaban J connectivity index is 2.62. The summed E-state index contributed by atoms with van der Waals surface area (Å²) < 4.78 is 10.1. The maximum atomic E-state index is 12.7. The molecule has 1 amide bonds. The molecule has 1 saturated heterocycles. The number of nitrogens with zero attached hydrogens (tertiary/aromatic N) is 1. The first-order chi connectivity index (χ1) is 12.3. The van der Waals surface area contributed by atoms with E-state index in [1.807, 2.05) is 4.90 Å². The Labute approximate surface area is 159 Å². The smallest absolute Gasteiger partial charge is 0.223 e.